The van der Waals surface area contributed by atoms with Crippen molar-refractivity contribution >= 4 is 27.3 Å². The highest BCUT2D eigenvalue weighted by molar-refractivity contribution is 7.89. The van der Waals surface area contributed by atoms with Crippen LogP contribution in [0.2, 0.25) is 0 Å². The molecule has 1 aliphatic heterocycles. The van der Waals surface area contributed by atoms with Gasteiger partial charge in [0.15, 0.2) is 0 Å². The fourth-order valence-electron chi connectivity index (χ4n) is 4.12. The van der Waals surface area contributed by atoms with Gasteiger partial charge in [-0.3, -0.25) is 4.79 Å². The van der Waals surface area contributed by atoms with Crippen LogP contribution in [-0.2, 0) is 26.1 Å². The van der Waals surface area contributed by atoms with Crippen molar-refractivity contribution in [2.75, 3.05) is 37.5 Å². The molecule has 1 N–H and O–H groups in total. The lowest BCUT2D eigenvalue weighted by atomic mass is 9.92. The molecule has 1 unspecified atom stereocenters. The summed E-state index contributed by atoms with van der Waals surface area (Å²) in [6.07, 6.45) is 1.82. The Balaban J connectivity index is 1.95. The smallest absolute Gasteiger partial charge is 0.243 e. The molecule has 3 rings (SSSR count). The van der Waals surface area contributed by atoms with Gasteiger partial charge in [0, 0.05) is 51.6 Å². The molecule has 2 aromatic carbocycles. The number of hydrogen-bond acceptors (Lipinski definition) is 5. The fraction of sp³-hybridized carbons (Fsp3) is 0.500. The fourth-order valence-corrected chi connectivity index (χ4v) is 5.57. The second-order valence-electron chi connectivity index (χ2n) is 10.4. The van der Waals surface area contributed by atoms with E-state index in [1.165, 1.54) is 16.4 Å². The molecule has 1 saturated heterocycles. The summed E-state index contributed by atoms with van der Waals surface area (Å²) in [4.78, 5) is 14.4. The van der Waals surface area contributed by atoms with E-state index in [-0.39, 0.29) is 35.4 Å². The quantitative estimate of drug-likeness (QED) is 0.537. The molecule has 1 aliphatic rings. The van der Waals surface area contributed by atoms with Crippen LogP contribution < -0.4 is 10.2 Å². The van der Waals surface area contributed by atoms with E-state index in [2.05, 4.69) is 5.32 Å². The van der Waals surface area contributed by atoms with Crippen LogP contribution in [0.5, 0.6) is 0 Å². The number of hydrogen-bond donors (Lipinski definition) is 1. The van der Waals surface area contributed by atoms with Gasteiger partial charge in [0.1, 0.15) is 5.82 Å². The van der Waals surface area contributed by atoms with Crippen LogP contribution in [0.1, 0.15) is 45.6 Å². The molecule has 9 heteroatoms. The molecule has 1 amide bonds. The molecule has 1 heterocycles. The first-order valence-electron chi connectivity index (χ1n) is 11.8. The first-order valence-corrected chi connectivity index (χ1v) is 13.3. The van der Waals surface area contributed by atoms with E-state index in [1.54, 1.807) is 0 Å². The number of carbonyl (C=O) groups excluding carboxylic acids is 1. The van der Waals surface area contributed by atoms with Crippen molar-refractivity contribution < 1.29 is 22.3 Å². The molecule has 0 saturated carbocycles. The highest BCUT2D eigenvalue weighted by Crippen LogP contribution is 2.29. The Hall–Kier alpha value is -2.49. The molecule has 7 nitrogen and oxygen atoms in total. The minimum Gasteiger partial charge on any atom is -0.377 e. The Morgan fingerprint density at radius 1 is 1.14 bits per heavy atom. The van der Waals surface area contributed by atoms with Crippen LogP contribution in [0.4, 0.5) is 15.8 Å². The molecule has 0 aliphatic carbocycles. The van der Waals surface area contributed by atoms with E-state index in [4.69, 9.17) is 4.74 Å². The second kappa shape index (κ2) is 11.1. The zero-order valence-electron chi connectivity index (χ0n) is 21.2. The maximum absolute atomic E-state index is 13.6. The predicted octanol–water partition coefficient (Wildman–Crippen LogP) is 4.64. The van der Waals surface area contributed by atoms with E-state index in [0.29, 0.717) is 18.7 Å². The van der Waals surface area contributed by atoms with E-state index >= 15 is 0 Å². The van der Waals surface area contributed by atoms with E-state index in [9.17, 15) is 17.6 Å². The molecular weight excluding hydrogens is 469 g/mol. The summed E-state index contributed by atoms with van der Waals surface area (Å²) in [5, 5.41) is 2.94. The minimum atomic E-state index is -3.93. The van der Waals surface area contributed by atoms with E-state index in [0.717, 1.165) is 36.2 Å². The van der Waals surface area contributed by atoms with Crippen LogP contribution in [0, 0.1) is 11.2 Å². The Morgan fingerprint density at radius 2 is 1.83 bits per heavy atom. The Labute approximate surface area is 208 Å². The Kier molecular flexibility index (Phi) is 8.56. The summed E-state index contributed by atoms with van der Waals surface area (Å²) < 4.78 is 47.8. The third kappa shape index (κ3) is 7.49. The summed E-state index contributed by atoms with van der Waals surface area (Å²) in [5.74, 6) is -0.598. The number of benzene rings is 2. The topological polar surface area (TPSA) is 79.0 Å². The summed E-state index contributed by atoms with van der Waals surface area (Å²) in [5.41, 5.74) is 2.03. The van der Waals surface area contributed by atoms with E-state index < -0.39 is 15.8 Å². The van der Waals surface area contributed by atoms with Crippen molar-refractivity contribution in [1.29, 1.82) is 0 Å². The zero-order valence-corrected chi connectivity index (χ0v) is 22.0. The largest absolute Gasteiger partial charge is 0.377 e. The standard InChI is InChI=1S/C26H36FN3O4S/c1-26(2,3)16-25(31)28-21-10-13-24(29(4)5)19(15-21)17-30(18-22-7-6-14-34-22)35(32,33)23-11-8-20(27)9-12-23/h8-13,15,22H,6-7,14,16-18H2,1-5H3,(H,28,31). The van der Waals surface area contributed by atoms with Crippen LogP contribution in [-0.4, -0.2) is 52.0 Å². The normalized spacial score (nSPS) is 16.5. The minimum absolute atomic E-state index is 0.0259. The second-order valence-corrected chi connectivity index (χ2v) is 12.3. The lowest BCUT2D eigenvalue weighted by molar-refractivity contribution is -0.117. The average molecular weight is 506 g/mol. The molecule has 35 heavy (non-hydrogen) atoms. The van der Waals surface area contributed by atoms with Gasteiger partial charge in [0.25, 0.3) is 0 Å². The molecule has 0 radical (unpaired) electrons. The maximum atomic E-state index is 13.6. The lowest BCUT2D eigenvalue weighted by Gasteiger charge is -2.27. The van der Waals surface area contributed by atoms with Gasteiger partial charge in [-0.2, -0.15) is 4.31 Å². The lowest BCUT2D eigenvalue weighted by Crippen LogP contribution is -2.37. The van der Waals surface area contributed by atoms with Gasteiger partial charge in [-0.25, -0.2) is 12.8 Å². The number of halogens is 1. The van der Waals surface area contributed by atoms with Gasteiger partial charge in [-0.05, 0) is 66.3 Å². The molecule has 192 valence electrons. The summed E-state index contributed by atoms with van der Waals surface area (Å²) in [7, 11) is -0.156. The number of rotatable bonds is 9. The molecule has 0 spiro atoms. The molecular formula is C26H36FN3O4S. The number of sulfonamides is 1. The van der Waals surface area contributed by atoms with Crippen molar-refractivity contribution in [3.8, 4) is 0 Å². The van der Waals surface area contributed by atoms with Gasteiger partial charge in [-0.15, -0.1) is 0 Å². The molecule has 1 fully saturated rings. The van der Waals surface area contributed by atoms with Crippen molar-refractivity contribution in [3.05, 3.63) is 53.8 Å². The third-order valence-corrected chi connectivity index (χ3v) is 7.59. The van der Waals surface area contributed by atoms with Crippen molar-refractivity contribution in [3.63, 3.8) is 0 Å². The van der Waals surface area contributed by atoms with Crippen LogP contribution in [0.3, 0.4) is 0 Å². The first-order chi connectivity index (χ1) is 16.3. The zero-order chi connectivity index (χ0) is 25.8. The van der Waals surface area contributed by atoms with Crippen molar-refractivity contribution in [1.82, 2.24) is 4.31 Å². The summed E-state index contributed by atoms with van der Waals surface area (Å²) >= 11 is 0. The summed E-state index contributed by atoms with van der Waals surface area (Å²) in [6, 6.07) is 10.4. The highest BCUT2D eigenvalue weighted by atomic mass is 32.2. The van der Waals surface area contributed by atoms with Crippen LogP contribution >= 0.6 is 0 Å². The van der Waals surface area contributed by atoms with Crippen molar-refractivity contribution in [2.45, 2.75) is 57.6 Å². The third-order valence-electron chi connectivity index (χ3n) is 5.77. The number of amides is 1. The number of nitrogens with zero attached hydrogens (tertiary/aromatic N) is 2. The van der Waals surface area contributed by atoms with Gasteiger partial charge in [-0.1, -0.05) is 20.8 Å². The van der Waals surface area contributed by atoms with Crippen molar-refractivity contribution in [2.24, 2.45) is 5.41 Å². The Bertz CT molecular complexity index is 1120. The Morgan fingerprint density at radius 3 is 2.40 bits per heavy atom. The van der Waals surface area contributed by atoms with Crippen LogP contribution in [0.15, 0.2) is 47.4 Å². The number of nitrogens with one attached hydrogen (secondary N) is 1. The van der Waals surface area contributed by atoms with Gasteiger partial charge in [0.2, 0.25) is 15.9 Å². The molecule has 2 aromatic rings. The number of carbonyl (C=O) groups is 1. The average Bonchev–Trinajstić information content (AvgIpc) is 3.25. The maximum Gasteiger partial charge on any atom is 0.243 e. The first kappa shape index (κ1) is 27.1. The number of anilines is 2. The SMILES string of the molecule is CN(C)c1ccc(NC(=O)CC(C)(C)C)cc1CN(CC1CCCO1)S(=O)(=O)c1ccc(F)cc1. The molecule has 1 atom stereocenters. The van der Waals surface area contributed by atoms with Crippen LogP contribution in [0.25, 0.3) is 0 Å². The van der Waals surface area contributed by atoms with Gasteiger partial charge >= 0.3 is 0 Å². The predicted molar refractivity (Wildman–Crippen MR) is 136 cm³/mol. The monoisotopic (exact) mass is 505 g/mol. The van der Waals surface area contributed by atoms with E-state index in [1.807, 2.05) is 58.0 Å². The van der Waals surface area contributed by atoms with Gasteiger partial charge < -0.3 is 15.0 Å². The molecule has 0 aromatic heterocycles. The summed E-state index contributed by atoms with van der Waals surface area (Å²) in [6.45, 7) is 6.86. The highest BCUT2D eigenvalue weighted by Gasteiger charge is 2.30. The molecule has 0 bridgehead atoms. The number of ether oxygens (including phenoxy) is 1. The van der Waals surface area contributed by atoms with Gasteiger partial charge in [0.05, 0.1) is 11.0 Å².